The van der Waals surface area contributed by atoms with Crippen molar-refractivity contribution in [3.05, 3.63) is 69.3 Å². The topological polar surface area (TPSA) is 63.9 Å². The third-order valence-electron chi connectivity index (χ3n) is 4.55. The Morgan fingerprint density at radius 2 is 2.11 bits per heavy atom. The number of aromatic nitrogens is 4. The first-order chi connectivity index (χ1) is 13.0. The Morgan fingerprint density at radius 1 is 1.30 bits per heavy atom. The summed E-state index contributed by atoms with van der Waals surface area (Å²) in [4.78, 5) is 18.8. The van der Waals surface area contributed by atoms with E-state index < -0.39 is 5.82 Å². The number of halogens is 3. The van der Waals surface area contributed by atoms with E-state index in [1.165, 1.54) is 23.0 Å². The summed E-state index contributed by atoms with van der Waals surface area (Å²) in [6, 6.07) is 7.40. The maximum atomic E-state index is 13.5. The van der Waals surface area contributed by atoms with E-state index >= 15 is 0 Å². The van der Waals surface area contributed by atoms with Gasteiger partial charge < -0.3 is 4.90 Å². The van der Waals surface area contributed by atoms with Crippen LogP contribution in [0.3, 0.4) is 0 Å². The third-order valence-corrected chi connectivity index (χ3v) is 5.37. The molecule has 6 nitrogen and oxygen atoms in total. The molecule has 3 aromatic rings. The van der Waals surface area contributed by atoms with Crippen molar-refractivity contribution in [2.24, 2.45) is 0 Å². The molecule has 1 aliphatic rings. The fraction of sp³-hybridized carbons (Fsp3) is 0.222. The molecule has 9 heteroatoms. The van der Waals surface area contributed by atoms with Gasteiger partial charge in [0.25, 0.3) is 5.91 Å². The summed E-state index contributed by atoms with van der Waals surface area (Å²) >= 11 is 12.2. The first-order valence-corrected chi connectivity index (χ1v) is 9.01. The molecule has 0 fully saturated rings. The normalized spacial score (nSPS) is 16.3. The maximum Gasteiger partial charge on any atom is 0.256 e. The molecule has 138 valence electrons. The Bertz CT molecular complexity index is 1040. The second-order valence-corrected chi connectivity index (χ2v) is 7.10. The maximum absolute atomic E-state index is 13.5. The fourth-order valence-corrected chi connectivity index (χ4v) is 3.54. The highest BCUT2D eigenvalue weighted by Gasteiger charge is 2.32. The van der Waals surface area contributed by atoms with E-state index in [0.717, 1.165) is 5.69 Å². The van der Waals surface area contributed by atoms with E-state index in [1.807, 2.05) is 6.92 Å². The molecule has 27 heavy (non-hydrogen) atoms. The van der Waals surface area contributed by atoms with Crippen molar-refractivity contribution in [1.82, 2.24) is 24.9 Å². The summed E-state index contributed by atoms with van der Waals surface area (Å²) in [6.45, 7) is 2.20. The molecule has 1 aliphatic heterocycles. The van der Waals surface area contributed by atoms with Gasteiger partial charge in [0.15, 0.2) is 5.82 Å². The van der Waals surface area contributed by atoms with Gasteiger partial charge >= 0.3 is 0 Å². The predicted octanol–water partition coefficient (Wildman–Crippen LogP) is 3.70. The molecule has 3 heterocycles. The van der Waals surface area contributed by atoms with Crippen molar-refractivity contribution >= 4 is 29.1 Å². The quantitative estimate of drug-likeness (QED) is 0.651. The Labute approximate surface area is 164 Å². The molecule has 1 atom stereocenters. The number of benzene rings is 1. The van der Waals surface area contributed by atoms with Crippen LogP contribution in [-0.2, 0) is 13.0 Å². The summed E-state index contributed by atoms with van der Waals surface area (Å²) in [5, 5.41) is 8.82. The van der Waals surface area contributed by atoms with Crippen LogP contribution in [0.1, 0.15) is 28.7 Å². The number of carbonyl (C=O) groups excluding carboxylic acids is 1. The minimum absolute atomic E-state index is 0.133. The molecule has 0 radical (unpaired) electrons. The Kier molecular flexibility index (Phi) is 4.57. The minimum atomic E-state index is -0.402. The van der Waals surface area contributed by atoms with Crippen molar-refractivity contribution < 1.29 is 9.18 Å². The third kappa shape index (κ3) is 3.17. The van der Waals surface area contributed by atoms with Gasteiger partial charge in [-0.2, -0.15) is 4.68 Å². The van der Waals surface area contributed by atoms with Gasteiger partial charge in [0.1, 0.15) is 11.5 Å². The molecule has 0 unspecified atom stereocenters. The van der Waals surface area contributed by atoms with Crippen molar-refractivity contribution in [2.75, 3.05) is 0 Å². The number of hydrogen-bond donors (Lipinski definition) is 0. The molecular formula is C18H14Cl2FN5O. The average Bonchev–Trinajstić information content (AvgIpc) is 3.05. The standard InChI is InChI=1S/C18H14Cl2FN5O/c1-10-7-15-14(23-24-26(15)16-8-11(21)5-6-22-16)9-25(10)18(27)12-3-2-4-13(19)17(12)20/h2-6,8,10H,7,9H2,1H3/t10-/m1/s1. The fourth-order valence-electron chi connectivity index (χ4n) is 3.16. The van der Waals surface area contributed by atoms with Crippen LogP contribution in [0.15, 0.2) is 36.5 Å². The van der Waals surface area contributed by atoms with Crippen LogP contribution >= 0.6 is 23.2 Å². The predicted molar refractivity (Wildman–Crippen MR) is 98.6 cm³/mol. The monoisotopic (exact) mass is 405 g/mol. The number of fused-ring (bicyclic) bond motifs is 1. The highest BCUT2D eigenvalue weighted by molar-refractivity contribution is 6.43. The van der Waals surface area contributed by atoms with Gasteiger partial charge in [0, 0.05) is 24.7 Å². The van der Waals surface area contributed by atoms with E-state index in [2.05, 4.69) is 15.3 Å². The van der Waals surface area contributed by atoms with E-state index in [0.29, 0.717) is 28.5 Å². The van der Waals surface area contributed by atoms with Crippen molar-refractivity contribution in [1.29, 1.82) is 0 Å². The Balaban J connectivity index is 1.67. The van der Waals surface area contributed by atoms with Crippen LogP contribution in [0, 0.1) is 5.82 Å². The zero-order valence-electron chi connectivity index (χ0n) is 14.2. The molecule has 0 N–H and O–H groups in total. The zero-order chi connectivity index (χ0) is 19.1. The van der Waals surface area contributed by atoms with Crippen molar-refractivity contribution in [3.8, 4) is 5.82 Å². The number of pyridine rings is 1. The van der Waals surface area contributed by atoms with Gasteiger partial charge in [-0.25, -0.2) is 9.37 Å². The number of rotatable bonds is 2. The number of carbonyl (C=O) groups is 1. The van der Waals surface area contributed by atoms with Gasteiger partial charge in [-0.15, -0.1) is 5.10 Å². The van der Waals surface area contributed by atoms with Crippen LogP contribution in [0.5, 0.6) is 0 Å². The Morgan fingerprint density at radius 3 is 2.89 bits per heavy atom. The highest BCUT2D eigenvalue weighted by atomic mass is 35.5. The zero-order valence-corrected chi connectivity index (χ0v) is 15.7. The Hall–Kier alpha value is -2.51. The van der Waals surface area contributed by atoms with Gasteiger partial charge in [-0.05, 0) is 25.1 Å². The van der Waals surface area contributed by atoms with Crippen LogP contribution in [0.25, 0.3) is 5.82 Å². The van der Waals surface area contributed by atoms with Crippen LogP contribution < -0.4 is 0 Å². The largest absolute Gasteiger partial charge is 0.329 e. The van der Waals surface area contributed by atoms with Crippen molar-refractivity contribution in [2.45, 2.75) is 25.9 Å². The summed E-state index contributed by atoms with van der Waals surface area (Å²) in [5.41, 5.74) is 1.80. The number of amides is 1. The summed E-state index contributed by atoms with van der Waals surface area (Å²) in [6.07, 6.45) is 1.88. The summed E-state index contributed by atoms with van der Waals surface area (Å²) in [7, 11) is 0. The molecule has 0 bridgehead atoms. The lowest BCUT2D eigenvalue weighted by molar-refractivity contribution is 0.0653. The van der Waals surface area contributed by atoms with Crippen molar-refractivity contribution in [3.63, 3.8) is 0 Å². The molecular weight excluding hydrogens is 392 g/mol. The van der Waals surface area contributed by atoms with Gasteiger partial charge in [-0.1, -0.05) is 34.5 Å². The van der Waals surface area contributed by atoms with E-state index in [9.17, 15) is 9.18 Å². The number of hydrogen-bond acceptors (Lipinski definition) is 4. The van der Waals surface area contributed by atoms with E-state index in [-0.39, 0.29) is 23.5 Å². The molecule has 0 spiro atoms. The lowest BCUT2D eigenvalue weighted by Crippen LogP contribution is -2.43. The molecule has 0 saturated carbocycles. The minimum Gasteiger partial charge on any atom is -0.329 e. The van der Waals surface area contributed by atoms with Gasteiger partial charge in [-0.3, -0.25) is 4.79 Å². The molecule has 1 aromatic carbocycles. The second kappa shape index (κ2) is 6.90. The van der Waals surface area contributed by atoms with Crippen LogP contribution in [0.4, 0.5) is 4.39 Å². The second-order valence-electron chi connectivity index (χ2n) is 6.31. The first-order valence-electron chi connectivity index (χ1n) is 8.26. The molecule has 0 aliphatic carbocycles. The van der Waals surface area contributed by atoms with Gasteiger partial charge in [0.2, 0.25) is 0 Å². The van der Waals surface area contributed by atoms with Gasteiger partial charge in [0.05, 0.1) is 27.8 Å². The lowest BCUT2D eigenvalue weighted by atomic mass is 10.0. The van der Waals surface area contributed by atoms with Crippen LogP contribution in [0.2, 0.25) is 10.0 Å². The smallest absolute Gasteiger partial charge is 0.256 e. The average molecular weight is 406 g/mol. The lowest BCUT2D eigenvalue weighted by Gasteiger charge is -2.33. The molecule has 2 aromatic heterocycles. The molecule has 0 saturated heterocycles. The summed E-state index contributed by atoms with van der Waals surface area (Å²) in [5.74, 6) is -0.270. The molecule has 4 rings (SSSR count). The SMILES string of the molecule is C[C@@H]1Cc2c(nnn2-c2cc(F)ccn2)CN1C(=O)c1cccc(Cl)c1Cl. The molecule has 1 amide bonds. The number of nitrogens with zero attached hydrogens (tertiary/aromatic N) is 5. The van der Waals surface area contributed by atoms with E-state index in [4.69, 9.17) is 23.2 Å². The van der Waals surface area contributed by atoms with E-state index in [1.54, 1.807) is 23.1 Å². The highest BCUT2D eigenvalue weighted by Crippen LogP contribution is 2.30. The summed E-state index contributed by atoms with van der Waals surface area (Å²) < 4.78 is 15.0. The first kappa shape index (κ1) is 17.9. The van der Waals surface area contributed by atoms with Crippen LogP contribution in [-0.4, -0.2) is 36.8 Å².